The minimum atomic E-state index is -0.700. The Balaban J connectivity index is 1.91. The number of hydrogen-bond donors (Lipinski definition) is 1. The molecule has 0 bridgehead atoms. The number of carbonyl (C=O) groups is 1. The van der Waals surface area contributed by atoms with Crippen molar-refractivity contribution in [3.8, 4) is 11.5 Å². The number of ether oxygens (including phenoxy) is 2. The van der Waals surface area contributed by atoms with Crippen LogP contribution in [-0.2, 0) is 9.53 Å². The van der Waals surface area contributed by atoms with E-state index in [1.807, 2.05) is 6.92 Å². The number of carbonyl (C=O) groups excluding carboxylic acids is 1. The topological polar surface area (TPSA) is 90.1 Å². The van der Waals surface area contributed by atoms with E-state index in [0.29, 0.717) is 43.5 Å². The molecule has 9 heteroatoms. The van der Waals surface area contributed by atoms with Crippen molar-refractivity contribution in [1.82, 2.24) is 4.57 Å². The van der Waals surface area contributed by atoms with Gasteiger partial charge in [-0.3, -0.25) is 9.36 Å². The Morgan fingerprint density at radius 2 is 1.94 bits per heavy atom. The number of aromatic hydroxyl groups is 1. The number of nitrogens with zero attached hydrogens (tertiary/aromatic N) is 2. The second-order valence-corrected chi connectivity index (χ2v) is 8.96. The Morgan fingerprint density at radius 3 is 2.62 bits per heavy atom. The molecule has 0 fully saturated rings. The lowest BCUT2D eigenvalue weighted by Crippen LogP contribution is -2.39. The molecule has 0 saturated carbocycles. The van der Waals surface area contributed by atoms with Gasteiger partial charge in [0.2, 0.25) is 0 Å². The van der Waals surface area contributed by atoms with Gasteiger partial charge in [0.1, 0.15) is 0 Å². The van der Waals surface area contributed by atoms with Gasteiger partial charge in [-0.1, -0.05) is 41.1 Å². The lowest BCUT2D eigenvalue weighted by Gasteiger charge is -2.24. The van der Waals surface area contributed by atoms with Crippen molar-refractivity contribution in [3.05, 3.63) is 89.6 Å². The number of halogens is 1. The maximum Gasteiger partial charge on any atom is 0.338 e. The molecule has 2 heterocycles. The average Bonchev–Trinajstić information content (AvgIpc) is 3.10. The molecule has 1 aliphatic heterocycles. The summed E-state index contributed by atoms with van der Waals surface area (Å²) < 4.78 is 12.7. The van der Waals surface area contributed by atoms with E-state index in [0.717, 1.165) is 5.56 Å². The van der Waals surface area contributed by atoms with Crippen LogP contribution in [0.15, 0.2) is 63.5 Å². The summed E-state index contributed by atoms with van der Waals surface area (Å²) in [5.41, 5.74) is 1.93. The van der Waals surface area contributed by atoms with E-state index in [1.54, 1.807) is 56.3 Å². The van der Waals surface area contributed by atoms with Crippen LogP contribution in [0.25, 0.3) is 6.08 Å². The lowest BCUT2D eigenvalue weighted by molar-refractivity contribution is -0.139. The maximum atomic E-state index is 13.6. The predicted molar refractivity (Wildman–Crippen MR) is 131 cm³/mol. The SMILES string of the molecule is CCOC(=O)C1=C(C)N=c2sc(=Cc3ccc(O)c(OCC)c3)c(=O)n2[C@H]1c1ccc(Cl)cc1. The van der Waals surface area contributed by atoms with Crippen molar-refractivity contribution in [3.63, 3.8) is 0 Å². The summed E-state index contributed by atoms with van der Waals surface area (Å²) in [6.07, 6.45) is 1.72. The van der Waals surface area contributed by atoms with Crippen molar-refractivity contribution < 1.29 is 19.4 Å². The van der Waals surface area contributed by atoms with E-state index in [4.69, 9.17) is 21.1 Å². The molecule has 1 N–H and O–H groups in total. The second kappa shape index (κ2) is 9.87. The normalized spacial score (nSPS) is 15.6. The van der Waals surface area contributed by atoms with E-state index in [-0.39, 0.29) is 17.9 Å². The molecule has 0 aliphatic carbocycles. The number of fused-ring (bicyclic) bond motifs is 1. The molecule has 1 aromatic heterocycles. The van der Waals surface area contributed by atoms with E-state index in [2.05, 4.69) is 4.99 Å². The third-order valence-electron chi connectivity index (χ3n) is 5.28. The highest BCUT2D eigenvalue weighted by atomic mass is 35.5. The number of allylic oxidation sites excluding steroid dienone is 1. The van der Waals surface area contributed by atoms with Gasteiger partial charge >= 0.3 is 5.97 Å². The van der Waals surface area contributed by atoms with E-state index < -0.39 is 12.0 Å². The predicted octanol–water partition coefficient (Wildman–Crippen LogP) is 3.56. The van der Waals surface area contributed by atoms with E-state index >= 15 is 0 Å². The standard InChI is InChI=1S/C25H23ClN2O5S/c1-4-32-19-12-15(6-11-18(19)29)13-20-23(30)28-22(16-7-9-17(26)10-8-16)21(24(31)33-5-2)14(3)27-25(28)34-20/h6-13,22,29H,4-5H2,1-3H3/t22-/m0/s1. The molecule has 0 radical (unpaired) electrons. The van der Waals surface area contributed by atoms with Crippen LogP contribution in [0, 0.1) is 0 Å². The minimum Gasteiger partial charge on any atom is -0.504 e. The first-order chi connectivity index (χ1) is 16.3. The Kier molecular flexibility index (Phi) is 6.90. The largest absolute Gasteiger partial charge is 0.504 e. The third kappa shape index (κ3) is 4.51. The highest BCUT2D eigenvalue weighted by Crippen LogP contribution is 2.31. The fourth-order valence-corrected chi connectivity index (χ4v) is 4.97. The van der Waals surface area contributed by atoms with Gasteiger partial charge in [-0.05, 0) is 62.2 Å². The van der Waals surface area contributed by atoms with Crippen molar-refractivity contribution in [2.75, 3.05) is 13.2 Å². The number of phenolic OH excluding ortho intramolecular Hbond substituents is 1. The first kappa shape index (κ1) is 23.8. The fraction of sp³-hybridized carbons (Fsp3) is 0.240. The van der Waals surface area contributed by atoms with Gasteiger partial charge in [-0.2, -0.15) is 0 Å². The van der Waals surface area contributed by atoms with Crippen LogP contribution < -0.4 is 19.6 Å². The number of phenols is 1. The van der Waals surface area contributed by atoms with E-state index in [1.165, 1.54) is 22.0 Å². The lowest BCUT2D eigenvalue weighted by atomic mass is 9.96. The van der Waals surface area contributed by atoms with Gasteiger partial charge in [0.05, 0.1) is 35.1 Å². The van der Waals surface area contributed by atoms with Crippen molar-refractivity contribution in [1.29, 1.82) is 0 Å². The van der Waals surface area contributed by atoms with Crippen LogP contribution in [0.5, 0.6) is 11.5 Å². The highest BCUT2D eigenvalue weighted by molar-refractivity contribution is 7.07. The van der Waals surface area contributed by atoms with Gasteiger partial charge < -0.3 is 14.6 Å². The number of esters is 1. The summed E-state index contributed by atoms with van der Waals surface area (Å²) in [6.45, 7) is 5.89. The third-order valence-corrected chi connectivity index (χ3v) is 6.52. The molecule has 0 spiro atoms. The molecule has 7 nitrogen and oxygen atoms in total. The molecule has 4 rings (SSSR count). The van der Waals surface area contributed by atoms with Gasteiger partial charge in [0.15, 0.2) is 16.3 Å². The highest BCUT2D eigenvalue weighted by Gasteiger charge is 2.33. The van der Waals surface area contributed by atoms with Crippen LogP contribution in [-0.4, -0.2) is 28.9 Å². The summed E-state index contributed by atoms with van der Waals surface area (Å²) in [5.74, 6) is -0.153. The molecule has 3 aromatic rings. The maximum absolute atomic E-state index is 13.6. The molecule has 0 unspecified atom stereocenters. The Hall–Kier alpha value is -3.36. The molecule has 1 aliphatic rings. The number of thiazole rings is 1. The summed E-state index contributed by atoms with van der Waals surface area (Å²) in [4.78, 5) is 31.5. The first-order valence-corrected chi connectivity index (χ1v) is 11.9. The second-order valence-electron chi connectivity index (χ2n) is 7.51. The van der Waals surface area contributed by atoms with E-state index in [9.17, 15) is 14.7 Å². The Bertz CT molecular complexity index is 1450. The molecular weight excluding hydrogens is 476 g/mol. The molecule has 0 saturated heterocycles. The zero-order valence-electron chi connectivity index (χ0n) is 18.9. The smallest absolute Gasteiger partial charge is 0.338 e. The first-order valence-electron chi connectivity index (χ1n) is 10.7. The zero-order chi connectivity index (χ0) is 24.4. The number of aromatic nitrogens is 1. The van der Waals surface area contributed by atoms with Crippen LogP contribution in [0.3, 0.4) is 0 Å². The van der Waals surface area contributed by atoms with Crippen molar-refractivity contribution in [2.24, 2.45) is 4.99 Å². The molecule has 2 aromatic carbocycles. The molecular formula is C25H23ClN2O5S. The van der Waals surface area contributed by atoms with Crippen LogP contribution in [0.1, 0.15) is 37.9 Å². The van der Waals surface area contributed by atoms with Crippen molar-refractivity contribution in [2.45, 2.75) is 26.8 Å². The van der Waals surface area contributed by atoms with Crippen LogP contribution in [0.2, 0.25) is 5.02 Å². The van der Waals surface area contributed by atoms with Gasteiger partial charge in [0, 0.05) is 5.02 Å². The van der Waals surface area contributed by atoms with Crippen LogP contribution >= 0.6 is 22.9 Å². The zero-order valence-corrected chi connectivity index (χ0v) is 20.4. The number of benzene rings is 2. The average molecular weight is 499 g/mol. The monoisotopic (exact) mass is 498 g/mol. The molecule has 176 valence electrons. The Labute approximate surface area is 204 Å². The molecule has 34 heavy (non-hydrogen) atoms. The number of rotatable bonds is 6. The summed E-state index contributed by atoms with van der Waals surface area (Å²) in [5, 5.41) is 10.5. The van der Waals surface area contributed by atoms with Gasteiger partial charge in [-0.25, -0.2) is 9.79 Å². The van der Waals surface area contributed by atoms with Gasteiger partial charge in [0.25, 0.3) is 5.56 Å². The Morgan fingerprint density at radius 1 is 1.21 bits per heavy atom. The number of hydrogen-bond acceptors (Lipinski definition) is 7. The summed E-state index contributed by atoms with van der Waals surface area (Å²) in [7, 11) is 0. The van der Waals surface area contributed by atoms with Gasteiger partial charge in [-0.15, -0.1) is 0 Å². The fourth-order valence-electron chi connectivity index (χ4n) is 3.79. The summed E-state index contributed by atoms with van der Waals surface area (Å²) in [6, 6.07) is 11.2. The minimum absolute atomic E-state index is 0.0258. The van der Waals surface area contributed by atoms with Crippen LogP contribution in [0.4, 0.5) is 0 Å². The summed E-state index contributed by atoms with van der Waals surface area (Å²) >= 11 is 7.30. The molecule has 1 atom stereocenters. The quantitative estimate of drug-likeness (QED) is 0.525. The van der Waals surface area contributed by atoms with Crippen molar-refractivity contribution >= 4 is 35.0 Å². The molecule has 0 amide bonds.